The van der Waals surface area contributed by atoms with E-state index in [-0.39, 0.29) is 36.4 Å². The summed E-state index contributed by atoms with van der Waals surface area (Å²) in [6.07, 6.45) is 0.133. The average Bonchev–Trinajstić information content (AvgIpc) is 2.63. The molecule has 2 rings (SSSR count). The number of carbonyl (C=O) groups excluding carboxylic acids is 3. The SMILES string of the molecule is CCC(=O)Oc1cc(OC(C)C)c2cccc(NC(C)=O)c2c1OC(=O)CC. The third-order valence-electron chi connectivity index (χ3n) is 3.73. The Morgan fingerprint density at radius 1 is 1.00 bits per heavy atom. The summed E-state index contributed by atoms with van der Waals surface area (Å²) < 4.78 is 16.8. The van der Waals surface area contributed by atoms with Crippen LogP contribution in [0, 0.1) is 0 Å². The molecule has 0 aliphatic heterocycles. The van der Waals surface area contributed by atoms with Crippen LogP contribution in [0.4, 0.5) is 5.69 Å². The van der Waals surface area contributed by atoms with Crippen molar-refractivity contribution in [2.24, 2.45) is 0 Å². The van der Waals surface area contributed by atoms with E-state index in [1.807, 2.05) is 13.8 Å². The van der Waals surface area contributed by atoms with Crippen LogP contribution in [0.15, 0.2) is 24.3 Å². The summed E-state index contributed by atoms with van der Waals surface area (Å²) in [5.74, 6) is -0.681. The van der Waals surface area contributed by atoms with Gasteiger partial charge in [-0.25, -0.2) is 0 Å². The summed E-state index contributed by atoms with van der Waals surface area (Å²) in [6, 6.07) is 6.75. The number of ether oxygens (including phenoxy) is 3. The fourth-order valence-electron chi connectivity index (χ4n) is 2.59. The minimum Gasteiger partial charge on any atom is -0.490 e. The Morgan fingerprint density at radius 2 is 1.64 bits per heavy atom. The molecule has 1 amide bonds. The van der Waals surface area contributed by atoms with Gasteiger partial charge in [-0.2, -0.15) is 0 Å². The standard InChI is InChI=1S/C21H25NO6/c1-6-18(24)27-17-11-16(26-12(3)4)14-9-8-10-15(22-13(5)23)20(14)21(17)28-19(25)7-2/h8-12H,6-7H2,1-5H3,(H,22,23). The van der Waals surface area contributed by atoms with Crippen molar-refractivity contribution in [3.05, 3.63) is 24.3 Å². The van der Waals surface area contributed by atoms with Gasteiger partial charge < -0.3 is 19.5 Å². The summed E-state index contributed by atoms with van der Waals surface area (Å²) >= 11 is 0. The molecule has 150 valence electrons. The fourth-order valence-corrected chi connectivity index (χ4v) is 2.59. The predicted octanol–water partition coefficient (Wildman–Crippen LogP) is 4.22. The summed E-state index contributed by atoms with van der Waals surface area (Å²) in [5, 5.41) is 3.78. The number of nitrogens with one attached hydrogen (secondary N) is 1. The second-order valence-electron chi connectivity index (χ2n) is 6.43. The maximum absolute atomic E-state index is 12.0. The molecule has 28 heavy (non-hydrogen) atoms. The number of carbonyl (C=O) groups is 3. The third-order valence-corrected chi connectivity index (χ3v) is 3.73. The largest absolute Gasteiger partial charge is 0.490 e. The van der Waals surface area contributed by atoms with Crippen molar-refractivity contribution in [2.45, 2.75) is 53.6 Å². The zero-order valence-corrected chi connectivity index (χ0v) is 16.8. The molecule has 0 saturated heterocycles. The van der Waals surface area contributed by atoms with Crippen molar-refractivity contribution >= 4 is 34.3 Å². The number of benzene rings is 2. The van der Waals surface area contributed by atoms with Crippen molar-refractivity contribution in [3.8, 4) is 17.2 Å². The number of rotatable bonds is 7. The van der Waals surface area contributed by atoms with E-state index in [0.717, 1.165) is 0 Å². The van der Waals surface area contributed by atoms with Crippen LogP contribution in [0.1, 0.15) is 47.5 Å². The number of amides is 1. The molecule has 0 radical (unpaired) electrons. The first-order chi connectivity index (χ1) is 13.3. The van der Waals surface area contributed by atoms with Crippen molar-refractivity contribution in [2.75, 3.05) is 5.32 Å². The molecular weight excluding hydrogens is 362 g/mol. The number of fused-ring (bicyclic) bond motifs is 1. The third kappa shape index (κ3) is 5.00. The van der Waals surface area contributed by atoms with Gasteiger partial charge in [0.2, 0.25) is 5.91 Å². The van der Waals surface area contributed by atoms with Crippen LogP contribution >= 0.6 is 0 Å². The lowest BCUT2D eigenvalue weighted by Crippen LogP contribution is -2.13. The first-order valence-electron chi connectivity index (χ1n) is 9.22. The number of anilines is 1. The molecule has 0 unspecified atom stereocenters. The lowest BCUT2D eigenvalue weighted by molar-refractivity contribution is -0.136. The summed E-state index contributed by atoms with van der Waals surface area (Å²) in [7, 11) is 0. The van der Waals surface area contributed by atoms with E-state index < -0.39 is 11.9 Å². The molecule has 2 aromatic carbocycles. The van der Waals surface area contributed by atoms with Crippen molar-refractivity contribution in [1.29, 1.82) is 0 Å². The van der Waals surface area contributed by atoms with Gasteiger partial charge in [-0.05, 0) is 19.9 Å². The highest BCUT2D eigenvalue weighted by atomic mass is 16.6. The molecule has 0 heterocycles. The Hall–Kier alpha value is -3.09. The van der Waals surface area contributed by atoms with Crippen LogP contribution < -0.4 is 19.5 Å². The summed E-state index contributed by atoms with van der Waals surface area (Å²) in [6.45, 7) is 8.43. The highest BCUT2D eigenvalue weighted by Gasteiger charge is 2.23. The number of hydrogen-bond acceptors (Lipinski definition) is 6. The highest BCUT2D eigenvalue weighted by molar-refractivity contribution is 6.08. The molecule has 0 atom stereocenters. The van der Waals surface area contributed by atoms with Crippen molar-refractivity contribution < 1.29 is 28.6 Å². The lowest BCUT2D eigenvalue weighted by atomic mass is 10.0. The summed E-state index contributed by atoms with van der Waals surface area (Å²) in [4.78, 5) is 35.7. The maximum atomic E-state index is 12.0. The van der Waals surface area contributed by atoms with Gasteiger partial charge in [-0.3, -0.25) is 14.4 Å². The van der Waals surface area contributed by atoms with Crippen LogP contribution in [-0.4, -0.2) is 23.9 Å². The molecule has 0 saturated carbocycles. The smallest absolute Gasteiger partial charge is 0.311 e. The quantitative estimate of drug-likeness (QED) is 0.565. The summed E-state index contributed by atoms with van der Waals surface area (Å²) in [5.41, 5.74) is 0.423. The lowest BCUT2D eigenvalue weighted by Gasteiger charge is -2.19. The Balaban J connectivity index is 2.85. The molecule has 7 nitrogen and oxygen atoms in total. The van der Waals surface area contributed by atoms with E-state index in [9.17, 15) is 14.4 Å². The van der Waals surface area contributed by atoms with E-state index in [0.29, 0.717) is 22.2 Å². The molecule has 7 heteroatoms. The van der Waals surface area contributed by atoms with Crippen LogP contribution in [0.25, 0.3) is 10.8 Å². The van der Waals surface area contributed by atoms with Gasteiger partial charge in [0, 0.05) is 31.2 Å². The monoisotopic (exact) mass is 387 g/mol. The Morgan fingerprint density at radius 3 is 2.21 bits per heavy atom. The van der Waals surface area contributed by atoms with Crippen LogP contribution in [0.2, 0.25) is 0 Å². The first kappa shape index (κ1) is 21.2. The van der Waals surface area contributed by atoms with E-state index in [4.69, 9.17) is 14.2 Å². The van der Waals surface area contributed by atoms with Gasteiger partial charge in [0.25, 0.3) is 0 Å². The normalized spacial score (nSPS) is 10.6. The van der Waals surface area contributed by atoms with Gasteiger partial charge in [0.15, 0.2) is 11.5 Å². The average molecular weight is 387 g/mol. The second-order valence-corrected chi connectivity index (χ2v) is 6.43. The zero-order valence-electron chi connectivity index (χ0n) is 16.8. The zero-order chi connectivity index (χ0) is 20.8. The highest BCUT2D eigenvalue weighted by Crippen LogP contribution is 2.45. The molecule has 0 aliphatic carbocycles. The van der Waals surface area contributed by atoms with Crippen LogP contribution in [-0.2, 0) is 14.4 Å². The van der Waals surface area contributed by atoms with E-state index in [1.165, 1.54) is 13.0 Å². The molecule has 0 aromatic heterocycles. The van der Waals surface area contributed by atoms with Crippen LogP contribution in [0.3, 0.4) is 0 Å². The van der Waals surface area contributed by atoms with Gasteiger partial charge in [-0.1, -0.05) is 26.0 Å². The molecule has 2 aromatic rings. The van der Waals surface area contributed by atoms with Gasteiger partial charge in [0.1, 0.15) is 5.75 Å². The predicted molar refractivity (Wildman–Crippen MR) is 106 cm³/mol. The molecule has 1 N–H and O–H groups in total. The van der Waals surface area contributed by atoms with E-state index >= 15 is 0 Å². The molecule has 0 fully saturated rings. The van der Waals surface area contributed by atoms with Crippen molar-refractivity contribution in [3.63, 3.8) is 0 Å². The first-order valence-corrected chi connectivity index (χ1v) is 9.22. The molecular formula is C21H25NO6. The fraction of sp³-hybridized carbons (Fsp3) is 0.381. The Kier molecular flexibility index (Phi) is 6.98. The van der Waals surface area contributed by atoms with Crippen molar-refractivity contribution in [1.82, 2.24) is 0 Å². The Bertz CT molecular complexity index is 903. The number of esters is 2. The molecule has 0 bridgehead atoms. The second kappa shape index (κ2) is 9.21. The topological polar surface area (TPSA) is 90.9 Å². The van der Waals surface area contributed by atoms with E-state index in [1.54, 1.807) is 32.0 Å². The Labute approximate surface area is 164 Å². The van der Waals surface area contributed by atoms with Gasteiger partial charge in [0.05, 0.1) is 17.2 Å². The van der Waals surface area contributed by atoms with Gasteiger partial charge >= 0.3 is 11.9 Å². The molecule has 0 aliphatic rings. The van der Waals surface area contributed by atoms with Crippen LogP contribution in [0.5, 0.6) is 17.2 Å². The number of hydrogen-bond donors (Lipinski definition) is 1. The molecule has 0 spiro atoms. The minimum absolute atomic E-state index is 0.0644. The van der Waals surface area contributed by atoms with E-state index in [2.05, 4.69) is 5.32 Å². The minimum atomic E-state index is -0.495. The maximum Gasteiger partial charge on any atom is 0.311 e. The van der Waals surface area contributed by atoms with Gasteiger partial charge in [-0.15, -0.1) is 0 Å².